The molecule has 1 atom stereocenters. The van der Waals surface area contributed by atoms with Crippen LogP contribution in [0, 0.1) is 0 Å². The van der Waals surface area contributed by atoms with Crippen LogP contribution in [-0.4, -0.2) is 30.1 Å². The third-order valence-electron chi connectivity index (χ3n) is 6.28. The smallest absolute Gasteiger partial charge is 0.319 e. The van der Waals surface area contributed by atoms with Crippen LogP contribution >= 0.6 is 11.6 Å². The number of hydrogen-bond donors (Lipinski definition) is 3. The van der Waals surface area contributed by atoms with Crippen LogP contribution < -0.4 is 16.4 Å². The topological polar surface area (TPSA) is 83.5 Å². The van der Waals surface area contributed by atoms with Gasteiger partial charge in [-0.2, -0.15) is 0 Å². The van der Waals surface area contributed by atoms with Crippen molar-refractivity contribution in [2.45, 2.75) is 56.7 Å². The zero-order valence-electron chi connectivity index (χ0n) is 15.3. The van der Waals surface area contributed by atoms with Gasteiger partial charge in [-0.15, -0.1) is 0 Å². The molecule has 7 heteroatoms. The Bertz CT molecular complexity index is 903. The lowest BCUT2D eigenvalue weighted by Gasteiger charge is -2.42. The molecule has 2 aromatic rings. The summed E-state index contributed by atoms with van der Waals surface area (Å²) in [6.07, 6.45) is 6.24. The highest BCUT2D eigenvalue weighted by atomic mass is 35.5. The number of likely N-dealkylation sites (tertiary alicyclic amines) is 1. The van der Waals surface area contributed by atoms with Crippen molar-refractivity contribution in [2.75, 3.05) is 18.4 Å². The number of nitrogens with zero attached hydrogens (tertiary/aromatic N) is 1. The molecule has 144 valence electrons. The van der Waals surface area contributed by atoms with Gasteiger partial charge in [-0.3, -0.25) is 4.90 Å². The van der Waals surface area contributed by atoms with Gasteiger partial charge in [0.05, 0.1) is 22.8 Å². The summed E-state index contributed by atoms with van der Waals surface area (Å²) in [7, 11) is 0. The first-order chi connectivity index (χ1) is 13.0. The van der Waals surface area contributed by atoms with Crippen molar-refractivity contribution in [1.82, 2.24) is 10.2 Å². The lowest BCUT2D eigenvalue weighted by atomic mass is 9.74. The predicted molar refractivity (Wildman–Crippen MR) is 106 cm³/mol. The van der Waals surface area contributed by atoms with E-state index in [4.69, 9.17) is 21.8 Å². The Morgan fingerprint density at radius 1 is 1.30 bits per heavy atom. The number of anilines is 1. The van der Waals surface area contributed by atoms with Crippen LogP contribution in [0.5, 0.6) is 0 Å². The number of nitrogens with two attached hydrogens (primary N) is 1. The van der Waals surface area contributed by atoms with Crippen molar-refractivity contribution in [1.29, 1.82) is 0 Å². The summed E-state index contributed by atoms with van der Waals surface area (Å²) in [4.78, 5) is 14.6. The number of fused-ring (bicyclic) bond motifs is 4. The quantitative estimate of drug-likeness (QED) is 0.728. The van der Waals surface area contributed by atoms with E-state index in [1.54, 1.807) is 0 Å². The molecule has 1 spiro atoms. The summed E-state index contributed by atoms with van der Waals surface area (Å²) in [6, 6.07) is 4.06. The molecule has 2 amide bonds. The summed E-state index contributed by atoms with van der Waals surface area (Å²) in [5.41, 5.74) is 8.23. The standard InChI is InChI=1S/C20H25ClN4O2/c21-15-9-12-8-14(11-25-7-4-13(22)10-25)27-18(12)16-17(15)23-19(26)24-20(16)5-2-1-3-6-20/h8-9,13H,1-7,10-11,22H2,(H2,23,24,26). The minimum absolute atomic E-state index is 0.177. The number of hydrogen-bond acceptors (Lipinski definition) is 4. The van der Waals surface area contributed by atoms with Crippen molar-refractivity contribution in [3.8, 4) is 0 Å². The highest BCUT2D eigenvalue weighted by molar-refractivity contribution is 6.35. The van der Waals surface area contributed by atoms with E-state index in [1.807, 2.05) is 6.07 Å². The second kappa shape index (κ2) is 6.40. The molecule has 6 nitrogen and oxygen atoms in total. The van der Waals surface area contributed by atoms with Crippen molar-refractivity contribution in [3.63, 3.8) is 0 Å². The average molecular weight is 389 g/mol. The van der Waals surface area contributed by atoms with Crippen LogP contribution in [0.15, 0.2) is 16.5 Å². The van der Waals surface area contributed by atoms with Crippen LogP contribution in [0.25, 0.3) is 11.0 Å². The van der Waals surface area contributed by atoms with Gasteiger partial charge < -0.3 is 20.8 Å². The molecule has 2 fully saturated rings. The zero-order chi connectivity index (χ0) is 18.6. The summed E-state index contributed by atoms with van der Waals surface area (Å²) in [6.45, 7) is 2.65. The van der Waals surface area contributed by atoms with Crippen molar-refractivity contribution in [3.05, 3.63) is 28.5 Å². The third-order valence-corrected chi connectivity index (χ3v) is 6.57. The number of benzene rings is 1. The molecule has 1 saturated carbocycles. The second-order valence-electron chi connectivity index (χ2n) is 8.25. The van der Waals surface area contributed by atoms with E-state index in [0.29, 0.717) is 10.7 Å². The maximum absolute atomic E-state index is 12.3. The fraction of sp³-hybridized carbons (Fsp3) is 0.550. The molecular formula is C20H25ClN4O2. The monoisotopic (exact) mass is 388 g/mol. The van der Waals surface area contributed by atoms with Crippen molar-refractivity contribution in [2.24, 2.45) is 5.73 Å². The third kappa shape index (κ3) is 2.91. The Balaban J connectivity index is 1.61. The number of furan rings is 1. The molecule has 3 heterocycles. The van der Waals surface area contributed by atoms with Crippen molar-refractivity contribution < 1.29 is 9.21 Å². The molecule has 1 saturated heterocycles. The van der Waals surface area contributed by atoms with Crippen LogP contribution in [0.3, 0.4) is 0 Å². The van der Waals surface area contributed by atoms with Gasteiger partial charge in [-0.1, -0.05) is 30.9 Å². The first-order valence-electron chi connectivity index (χ1n) is 9.87. The van der Waals surface area contributed by atoms with Crippen LogP contribution in [0.1, 0.15) is 49.8 Å². The van der Waals surface area contributed by atoms with Gasteiger partial charge in [0.25, 0.3) is 0 Å². The van der Waals surface area contributed by atoms with Gasteiger partial charge in [0.15, 0.2) is 0 Å². The second-order valence-corrected chi connectivity index (χ2v) is 8.65. The average Bonchev–Trinajstić information content (AvgIpc) is 3.21. The van der Waals surface area contributed by atoms with E-state index >= 15 is 0 Å². The minimum atomic E-state index is -0.385. The number of amides is 2. The molecule has 5 rings (SSSR count). The van der Waals surface area contributed by atoms with Gasteiger partial charge in [-0.05, 0) is 31.4 Å². The normalized spacial score (nSPS) is 24.8. The molecule has 2 aliphatic heterocycles. The number of halogens is 1. The van der Waals surface area contributed by atoms with E-state index in [2.05, 4.69) is 21.6 Å². The predicted octanol–water partition coefficient (Wildman–Crippen LogP) is 3.91. The van der Waals surface area contributed by atoms with Gasteiger partial charge in [0, 0.05) is 30.1 Å². The number of nitrogens with one attached hydrogen (secondary N) is 2. The maximum Gasteiger partial charge on any atom is 0.319 e. The number of urea groups is 1. The molecule has 1 unspecified atom stereocenters. The Kier molecular flexibility index (Phi) is 4.11. The van der Waals surface area contributed by atoms with E-state index in [1.165, 1.54) is 6.42 Å². The van der Waals surface area contributed by atoms with Gasteiger partial charge in [-0.25, -0.2) is 4.79 Å². The highest BCUT2D eigenvalue weighted by Crippen LogP contribution is 2.49. The summed E-state index contributed by atoms with van der Waals surface area (Å²) < 4.78 is 6.35. The minimum Gasteiger partial charge on any atom is -0.459 e. The Labute approximate surface area is 163 Å². The fourth-order valence-corrected chi connectivity index (χ4v) is 5.30. The van der Waals surface area contributed by atoms with Gasteiger partial charge in [0.2, 0.25) is 0 Å². The highest BCUT2D eigenvalue weighted by Gasteiger charge is 2.43. The molecule has 27 heavy (non-hydrogen) atoms. The van der Waals surface area contributed by atoms with E-state index in [9.17, 15) is 4.79 Å². The lowest BCUT2D eigenvalue weighted by molar-refractivity contribution is 0.208. The largest absolute Gasteiger partial charge is 0.459 e. The zero-order valence-corrected chi connectivity index (χ0v) is 16.1. The molecule has 4 N–H and O–H groups in total. The number of carbonyl (C=O) groups excluding carboxylic acids is 1. The Morgan fingerprint density at radius 2 is 2.11 bits per heavy atom. The summed E-state index contributed by atoms with van der Waals surface area (Å²) in [5, 5.41) is 7.69. The molecule has 0 bridgehead atoms. The number of rotatable bonds is 2. The van der Waals surface area contributed by atoms with Crippen LogP contribution in [0.2, 0.25) is 5.02 Å². The van der Waals surface area contributed by atoms with E-state index in [0.717, 1.165) is 74.0 Å². The SMILES string of the molecule is NC1CCN(Cc2cc3cc(Cl)c4c(c3o2)C2(CCCCC2)NC(=O)N4)C1. The molecule has 3 aliphatic rings. The fourth-order valence-electron chi connectivity index (χ4n) is 5.04. The lowest BCUT2D eigenvalue weighted by Crippen LogP contribution is -2.52. The van der Waals surface area contributed by atoms with Gasteiger partial charge in [0.1, 0.15) is 11.3 Å². The molecular weight excluding hydrogens is 364 g/mol. The van der Waals surface area contributed by atoms with E-state index < -0.39 is 0 Å². The Hall–Kier alpha value is -1.76. The Morgan fingerprint density at radius 3 is 2.85 bits per heavy atom. The van der Waals surface area contributed by atoms with Crippen LogP contribution in [-0.2, 0) is 12.1 Å². The maximum atomic E-state index is 12.3. The van der Waals surface area contributed by atoms with Crippen LogP contribution in [0.4, 0.5) is 10.5 Å². The first-order valence-corrected chi connectivity index (χ1v) is 10.2. The van der Waals surface area contributed by atoms with Crippen molar-refractivity contribution >= 4 is 34.3 Å². The summed E-state index contributed by atoms with van der Waals surface area (Å²) in [5.74, 6) is 0.923. The van der Waals surface area contributed by atoms with E-state index in [-0.39, 0.29) is 17.6 Å². The first kappa shape index (κ1) is 17.3. The molecule has 1 aromatic carbocycles. The summed E-state index contributed by atoms with van der Waals surface area (Å²) >= 11 is 6.58. The molecule has 1 aliphatic carbocycles. The van der Waals surface area contributed by atoms with Gasteiger partial charge >= 0.3 is 6.03 Å². The number of carbonyl (C=O) groups is 1. The molecule has 0 radical (unpaired) electrons. The molecule has 1 aromatic heterocycles.